The second-order valence-corrected chi connectivity index (χ2v) is 10.2. The van der Waals surface area contributed by atoms with Crippen LogP contribution in [0, 0.1) is 0 Å². The summed E-state index contributed by atoms with van der Waals surface area (Å²) in [6.07, 6.45) is 0. The van der Waals surface area contributed by atoms with E-state index in [9.17, 15) is 0 Å². The summed E-state index contributed by atoms with van der Waals surface area (Å²) in [7, 11) is 17.0. The van der Waals surface area contributed by atoms with E-state index in [4.69, 9.17) is 27.9 Å². The van der Waals surface area contributed by atoms with Crippen molar-refractivity contribution in [2.75, 3.05) is 33.7 Å². The quantitative estimate of drug-likeness (QED) is 0.660. The second kappa shape index (κ2) is 9.96. The van der Waals surface area contributed by atoms with E-state index in [0.717, 1.165) is 26.7 Å². The summed E-state index contributed by atoms with van der Waals surface area (Å²) in [5.41, 5.74) is 0. The van der Waals surface area contributed by atoms with Gasteiger partial charge in [0.15, 0.2) is 0 Å². The van der Waals surface area contributed by atoms with Gasteiger partial charge in [0.1, 0.15) is 0 Å². The van der Waals surface area contributed by atoms with Gasteiger partial charge >= 0.3 is 42.6 Å². The van der Waals surface area contributed by atoms with Crippen LogP contribution in [0.1, 0.15) is 0 Å². The number of hydrogen-bond acceptors (Lipinski definition) is 3. The van der Waals surface area contributed by atoms with Gasteiger partial charge < -0.3 is 15.5 Å². The predicted octanol–water partition coefficient (Wildman–Crippen LogP) is 1.38. The van der Waals surface area contributed by atoms with Crippen LogP contribution in [0.25, 0.3) is 5.32 Å². The maximum atomic E-state index is 4.97. The van der Waals surface area contributed by atoms with Crippen molar-refractivity contribution in [2.45, 2.75) is 0 Å². The van der Waals surface area contributed by atoms with Crippen molar-refractivity contribution in [2.24, 2.45) is 0 Å². The van der Waals surface area contributed by atoms with E-state index in [1.165, 1.54) is 0 Å². The Labute approximate surface area is 96.7 Å². The molecule has 4 nitrogen and oxygen atoms in total. The molecule has 0 unspecified atom stereocenters. The van der Waals surface area contributed by atoms with Crippen LogP contribution in [0.3, 0.4) is 0 Å². The van der Waals surface area contributed by atoms with Gasteiger partial charge in [0.05, 0.1) is 0 Å². The summed E-state index contributed by atoms with van der Waals surface area (Å²) in [5.74, 6) is 0. The van der Waals surface area contributed by atoms with E-state index in [0.29, 0.717) is 0 Å². The van der Waals surface area contributed by atoms with Crippen LogP contribution in [0.2, 0.25) is 0 Å². The molecule has 13 heavy (non-hydrogen) atoms. The molecule has 1 heterocycles. The Balaban J connectivity index is 0.000000310. The number of nitrogens with zero attached hydrogens (tertiary/aromatic N) is 2. The average molecular weight is 283 g/mol. The van der Waals surface area contributed by atoms with E-state index in [2.05, 4.69) is 20.9 Å². The monoisotopic (exact) mass is 282 g/mol. The molecule has 2 N–H and O–H groups in total. The molecule has 0 amide bonds. The Kier molecular flexibility index (Phi) is 11.1. The predicted molar refractivity (Wildman–Crippen MR) is 54.4 cm³/mol. The van der Waals surface area contributed by atoms with Crippen LogP contribution in [0.4, 0.5) is 0 Å². The Morgan fingerprint density at radius 1 is 1.31 bits per heavy atom. The van der Waals surface area contributed by atoms with Crippen molar-refractivity contribution < 1.29 is 14.7 Å². The van der Waals surface area contributed by atoms with Crippen molar-refractivity contribution in [1.82, 2.24) is 15.5 Å². The van der Waals surface area contributed by atoms with Crippen LogP contribution in [0.15, 0.2) is 0 Å². The summed E-state index contributed by atoms with van der Waals surface area (Å²) in [6.45, 7) is 3.35. The van der Waals surface area contributed by atoms with Crippen molar-refractivity contribution >= 4 is 27.9 Å². The summed E-state index contributed by atoms with van der Waals surface area (Å²) in [4.78, 5) is 2.13. The Morgan fingerprint density at radius 2 is 1.92 bits per heavy atom. The minimum atomic E-state index is -1.92. The molecule has 1 rings (SSSR count). The summed E-state index contributed by atoms with van der Waals surface area (Å²) >= 11 is -1.92. The van der Waals surface area contributed by atoms with Gasteiger partial charge in [-0.05, 0) is 7.05 Å². The molecule has 1 saturated heterocycles. The Bertz CT molecular complexity index is 107. The number of nitrogens with one attached hydrogen (secondary N) is 2. The summed E-state index contributed by atoms with van der Waals surface area (Å²) in [6, 6.07) is 0. The van der Waals surface area contributed by atoms with Gasteiger partial charge in [-0.15, -0.1) is 0 Å². The molecule has 1 aliphatic heterocycles. The molecular formula is C5H13Cl3N4Ti. The normalized spacial score (nSPS) is 19.4. The van der Waals surface area contributed by atoms with Crippen molar-refractivity contribution in [3.63, 3.8) is 0 Å². The molecule has 0 spiro atoms. The minimum absolute atomic E-state index is 0.761. The first-order valence-corrected chi connectivity index (χ1v) is 10.1. The first-order valence-electron chi connectivity index (χ1n) is 3.69. The van der Waals surface area contributed by atoms with Gasteiger partial charge in [-0.1, -0.05) is 13.3 Å². The van der Waals surface area contributed by atoms with E-state index in [-0.39, 0.29) is 0 Å². The molecule has 1 aliphatic rings. The third kappa shape index (κ3) is 13.4. The molecule has 0 bridgehead atoms. The zero-order valence-corrected chi connectivity index (χ0v) is 11.2. The van der Waals surface area contributed by atoms with Crippen molar-refractivity contribution in [3.8, 4) is 0 Å². The Hall–Kier alpha value is 1.42. The molecular weight excluding hydrogens is 270 g/mol. The van der Waals surface area contributed by atoms with Crippen LogP contribution < -0.4 is 10.6 Å². The molecule has 78 valence electrons. The van der Waals surface area contributed by atoms with E-state index in [1.54, 1.807) is 0 Å². The molecule has 1 fully saturated rings. The first kappa shape index (κ1) is 14.4. The maximum absolute atomic E-state index is 4.97. The van der Waals surface area contributed by atoms with E-state index < -0.39 is 14.7 Å². The van der Waals surface area contributed by atoms with Crippen LogP contribution in [-0.4, -0.2) is 38.6 Å². The van der Waals surface area contributed by atoms with E-state index in [1.807, 2.05) is 7.05 Å². The summed E-state index contributed by atoms with van der Waals surface area (Å²) in [5, 5.41) is 10.5. The van der Waals surface area contributed by atoms with Gasteiger partial charge in [0.25, 0.3) is 0 Å². The molecule has 0 aliphatic carbocycles. The molecule has 0 saturated carbocycles. The molecule has 0 aromatic rings. The van der Waals surface area contributed by atoms with Gasteiger partial charge in [-0.25, -0.2) is 0 Å². The fourth-order valence-corrected chi connectivity index (χ4v) is 0.741. The number of rotatable bonds is 0. The van der Waals surface area contributed by atoms with Gasteiger partial charge in [0, 0.05) is 13.3 Å². The fourth-order valence-electron chi connectivity index (χ4n) is 0.741. The SMILES string of the molecule is CN1C[N-]CNCNC1.[Cl][Ti+]([Cl])[Cl]. The van der Waals surface area contributed by atoms with Crippen molar-refractivity contribution in [1.29, 1.82) is 0 Å². The van der Waals surface area contributed by atoms with Gasteiger partial charge in [0.2, 0.25) is 0 Å². The van der Waals surface area contributed by atoms with Gasteiger partial charge in [-0.2, -0.15) is 0 Å². The zero-order valence-electron chi connectivity index (χ0n) is 7.36. The van der Waals surface area contributed by atoms with Crippen LogP contribution in [-0.2, 0) is 14.7 Å². The van der Waals surface area contributed by atoms with Crippen LogP contribution >= 0.6 is 27.9 Å². The first-order chi connectivity index (χ1) is 6.13. The molecule has 0 aromatic heterocycles. The van der Waals surface area contributed by atoms with Gasteiger partial charge in [-0.3, -0.25) is 5.32 Å². The van der Waals surface area contributed by atoms with E-state index >= 15 is 0 Å². The van der Waals surface area contributed by atoms with Crippen LogP contribution in [0.5, 0.6) is 0 Å². The molecule has 0 aromatic carbocycles. The number of halogens is 3. The standard InChI is InChI=1S/C5H13N4.3ClH.Ti/c1-9-4-7-2-6-3-8-5-9;;;;/h6-7H,2-5H2,1H3;3*1H;/q-1;;;;+4/p-3. The average Bonchev–Trinajstić information content (AvgIpc) is 1.95. The second-order valence-electron chi connectivity index (χ2n) is 2.43. The fraction of sp³-hybridized carbons (Fsp3) is 1.00. The third-order valence-electron chi connectivity index (χ3n) is 1.20. The summed E-state index contributed by atoms with van der Waals surface area (Å²) < 4.78 is 0. The number of hydrogen-bond donors (Lipinski definition) is 2. The molecule has 8 heteroatoms. The molecule has 0 radical (unpaired) electrons. The third-order valence-corrected chi connectivity index (χ3v) is 1.20. The molecule has 0 atom stereocenters. The zero-order chi connectivity index (χ0) is 10.1. The topological polar surface area (TPSA) is 41.4 Å². The van der Waals surface area contributed by atoms with Crippen molar-refractivity contribution in [3.05, 3.63) is 5.32 Å². The Morgan fingerprint density at radius 3 is 2.54 bits per heavy atom.